The number of para-hydroxylation sites is 1. The van der Waals surface area contributed by atoms with Crippen LogP contribution >= 0.6 is 0 Å². The van der Waals surface area contributed by atoms with E-state index in [9.17, 15) is 9.59 Å². The first-order valence-electron chi connectivity index (χ1n) is 8.08. The lowest BCUT2D eigenvalue weighted by molar-refractivity contribution is -0.142. The molecule has 1 aromatic heterocycles. The van der Waals surface area contributed by atoms with Gasteiger partial charge in [0.05, 0.1) is 18.0 Å². The van der Waals surface area contributed by atoms with E-state index in [2.05, 4.69) is 9.97 Å². The molecule has 0 aliphatic carbocycles. The van der Waals surface area contributed by atoms with Gasteiger partial charge in [-0.2, -0.15) is 0 Å². The van der Waals surface area contributed by atoms with E-state index in [1.165, 1.54) is 6.08 Å². The van der Waals surface area contributed by atoms with E-state index in [1.807, 2.05) is 12.1 Å². The molecule has 0 bridgehead atoms. The number of carbonyl (C=O) groups excluding carboxylic acids is 1. The van der Waals surface area contributed by atoms with Crippen molar-refractivity contribution < 1.29 is 14.3 Å². The van der Waals surface area contributed by atoms with Crippen LogP contribution in [-0.4, -0.2) is 23.0 Å². The van der Waals surface area contributed by atoms with E-state index in [-0.39, 0.29) is 5.56 Å². The molecule has 0 aliphatic heterocycles. The summed E-state index contributed by atoms with van der Waals surface area (Å²) in [5, 5.41) is 0.495. The molecular formula is C20H18N2O4. The van der Waals surface area contributed by atoms with Crippen molar-refractivity contribution in [2.75, 3.05) is 7.11 Å². The molecule has 0 saturated heterocycles. The van der Waals surface area contributed by atoms with Crippen molar-refractivity contribution in [3.8, 4) is 5.75 Å². The first-order chi connectivity index (χ1) is 12.6. The minimum absolute atomic E-state index is 0.262. The highest BCUT2D eigenvalue weighted by Crippen LogP contribution is 2.16. The molecule has 1 N–H and O–H groups in total. The van der Waals surface area contributed by atoms with E-state index in [0.717, 1.165) is 11.3 Å². The Morgan fingerprint density at radius 3 is 2.62 bits per heavy atom. The molecule has 0 radical (unpaired) electrons. The van der Waals surface area contributed by atoms with Crippen molar-refractivity contribution in [3.05, 3.63) is 76.3 Å². The van der Waals surface area contributed by atoms with Gasteiger partial charge in [0.1, 0.15) is 5.75 Å². The SMILES string of the molecule is COc1ccc(/C=C/C(=O)O[C@@H](C)c2nc3ccccc3c(=O)[nH]2)cc1. The summed E-state index contributed by atoms with van der Waals surface area (Å²) in [5.41, 5.74) is 1.14. The number of hydrogen-bond acceptors (Lipinski definition) is 5. The van der Waals surface area contributed by atoms with Crippen LogP contribution in [0.15, 0.2) is 59.4 Å². The summed E-state index contributed by atoms with van der Waals surface area (Å²) in [4.78, 5) is 31.1. The maximum atomic E-state index is 12.1. The van der Waals surface area contributed by atoms with Crippen molar-refractivity contribution in [2.24, 2.45) is 0 Å². The summed E-state index contributed by atoms with van der Waals surface area (Å²) in [5.74, 6) is 0.522. The molecule has 26 heavy (non-hydrogen) atoms. The first kappa shape index (κ1) is 17.4. The van der Waals surface area contributed by atoms with Crippen molar-refractivity contribution in [1.82, 2.24) is 9.97 Å². The quantitative estimate of drug-likeness (QED) is 0.564. The molecule has 1 heterocycles. The van der Waals surface area contributed by atoms with Gasteiger partial charge in [-0.15, -0.1) is 0 Å². The summed E-state index contributed by atoms with van der Waals surface area (Å²) >= 11 is 0. The number of esters is 1. The van der Waals surface area contributed by atoms with E-state index >= 15 is 0 Å². The molecule has 3 rings (SSSR count). The zero-order valence-corrected chi connectivity index (χ0v) is 14.4. The van der Waals surface area contributed by atoms with Gasteiger partial charge in [-0.25, -0.2) is 9.78 Å². The van der Waals surface area contributed by atoms with Gasteiger partial charge in [-0.3, -0.25) is 4.79 Å². The third kappa shape index (κ3) is 3.97. The van der Waals surface area contributed by atoms with Crippen LogP contribution in [0.25, 0.3) is 17.0 Å². The second-order valence-corrected chi connectivity index (χ2v) is 5.65. The van der Waals surface area contributed by atoms with Crippen LogP contribution in [0, 0.1) is 0 Å². The third-order valence-corrected chi connectivity index (χ3v) is 3.84. The number of carbonyl (C=O) groups is 1. The van der Waals surface area contributed by atoms with E-state index in [4.69, 9.17) is 9.47 Å². The summed E-state index contributed by atoms with van der Waals surface area (Å²) in [6.07, 6.45) is 2.29. The van der Waals surface area contributed by atoms with Gasteiger partial charge in [-0.05, 0) is 42.8 Å². The Hall–Kier alpha value is -3.41. The maximum absolute atomic E-state index is 12.1. The fraction of sp³-hybridized carbons (Fsp3) is 0.150. The van der Waals surface area contributed by atoms with Crippen molar-refractivity contribution in [3.63, 3.8) is 0 Å². The number of H-pyrrole nitrogens is 1. The lowest BCUT2D eigenvalue weighted by Crippen LogP contribution is -2.16. The molecule has 0 fully saturated rings. The number of ether oxygens (including phenoxy) is 2. The molecule has 0 saturated carbocycles. The Balaban J connectivity index is 1.70. The second-order valence-electron chi connectivity index (χ2n) is 5.65. The minimum atomic E-state index is -0.680. The lowest BCUT2D eigenvalue weighted by Gasteiger charge is -2.11. The van der Waals surface area contributed by atoms with Crippen LogP contribution in [0.4, 0.5) is 0 Å². The highest BCUT2D eigenvalue weighted by Gasteiger charge is 2.14. The number of aromatic amines is 1. The number of rotatable bonds is 5. The van der Waals surface area contributed by atoms with Gasteiger partial charge in [0.15, 0.2) is 11.9 Å². The standard InChI is InChI=1S/C20H18N2O4/c1-13(19-21-17-6-4-3-5-16(17)20(24)22-19)26-18(23)12-9-14-7-10-15(25-2)11-8-14/h3-13H,1-2H3,(H,21,22,24)/b12-9+/t13-/m0/s1. The van der Waals surface area contributed by atoms with Crippen LogP contribution in [0.1, 0.15) is 24.4 Å². The van der Waals surface area contributed by atoms with Crippen molar-refractivity contribution in [2.45, 2.75) is 13.0 Å². The second kappa shape index (κ2) is 7.65. The summed E-state index contributed by atoms with van der Waals surface area (Å²) < 4.78 is 10.4. The van der Waals surface area contributed by atoms with Gasteiger partial charge in [0, 0.05) is 6.08 Å². The summed E-state index contributed by atoms with van der Waals surface area (Å²) in [7, 11) is 1.59. The molecule has 6 nitrogen and oxygen atoms in total. The molecule has 132 valence electrons. The molecule has 2 aromatic carbocycles. The predicted molar refractivity (Wildman–Crippen MR) is 98.9 cm³/mol. The first-order valence-corrected chi connectivity index (χ1v) is 8.08. The largest absolute Gasteiger partial charge is 0.497 e. The van der Waals surface area contributed by atoms with Crippen molar-refractivity contribution in [1.29, 1.82) is 0 Å². The van der Waals surface area contributed by atoms with Crippen LogP contribution in [0.3, 0.4) is 0 Å². The highest BCUT2D eigenvalue weighted by atomic mass is 16.5. The number of methoxy groups -OCH3 is 1. The predicted octanol–water partition coefficient (Wildman–Crippen LogP) is 3.25. The molecule has 1 atom stereocenters. The molecule has 0 aliphatic rings. The average Bonchev–Trinajstić information content (AvgIpc) is 2.66. The topological polar surface area (TPSA) is 81.3 Å². The normalized spacial score (nSPS) is 12.2. The van der Waals surface area contributed by atoms with Gasteiger partial charge in [0.25, 0.3) is 5.56 Å². The number of benzene rings is 2. The Morgan fingerprint density at radius 1 is 1.15 bits per heavy atom. The van der Waals surface area contributed by atoms with Gasteiger partial charge < -0.3 is 14.5 Å². The van der Waals surface area contributed by atoms with E-state index < -0.39 is 12.1 Å². The minimum Gasteiger partial charge on any atom is -0.497 e. The Labute approximate surface area is 150 Å². The number of nitrogens with one attached hydrogen (secondary N) is 1. The lowest BCUT2D eigenvalue weighted by atomic mass is 10.2. The maximum Gasteiger partial charge on any atom is 0.331 e. The fourth-order valence-corrected chi connectivity index (χ4v) is 2.45. The summed E-state index contributed by atoms with van der Waals surface area (Å²) in [6.45, 7) is 1.66. The van der Waals surface area contributed by atoms with Crippen molar-refractivity contribution >= 4 is 22.9 Å². The van der Waals surface area contributed by atoms with Crippen LogP contribution < -0.4 is 10.3 Å². The van der Waals surface area contributed by atoms with E-state index in [0.29, 0.717) is 16.7 Å². The van der Waals surface area contributed by atoms with E-state index in [1.54, 1.807) is 56.5 Å². The number of aromatic nitrogens is 2. The molecule has 0 unspecified atom stereocenters. The zero-order chi connectivity index (χ0) is 18.5. The number of fused-ring (bicyclic) bond motifs is 1. The average molecular weight is 350 g/mol. The summed E-state index contributed by atoms with van der Waals surface area (Å²) in [6, 6.07) is 14.3. The Bertz CT molecular complexity index is 1010. The molecule has 6 heteroatoms. The fourth-order valence-electron chi connectivity index (χ4n) is 2.45. The monoisotopic (exact) mass is 350 g/mol. The van der Waals surface area contributed by atoms with Crippen LogP contribution in [0.2, 0.25) is 0 Å². The molecular weight excluding hydrogens is 332 g/mol. The third-order valence-electron chi connectivity index (χ3n) is 3.84. The Kier molecular flexibility index (Phi) is 5.12. The number of nitrogens with zero attached hydrogens (tertiary/aromatic N) is 1. The van der Waals surface area contributed by atoms with Gasteiger partial charge in [0.2, 0.25) is 0 Å². The number of hydrogen-bond donors (Lipinski definition) is 1. The molecule has 0 spiro atoms. The Morgan fingerprint density at radius 2 is 1.88 bits per heavy atom. The molecule has 0 amide bonds. The zero-order valence-electron chi connectivity index (χ0n) is 14.4. The molecule has 3 aromatic rings. The van der Waals surface area contributed by atoms with Gasteiger partial charge in [-0.1, -0.05) is 24.3 Å². The van der Waals surface area contributed by atoms with Crippen LogP contribution in [-0.2, 0) is 9.53 Å². The highest BCUT2D eigenvalue weighted by molar-refractivity contribution is 5.87. The smallest absolute Gasteiger partial charge is 0.331 e. The van der Waals surface area contributed by atoms with Crippen LogP contribution in [0.5, 0.6) is 5.75 Å². The van der Waals surface area contributed by atoms with Gasteiger partial charge >= 0.3 is 5.97 Å².